The molecule has 156 valence electrons. The van der Waals surface area contributed by atoms with Crippen LogP contribution in [0.1, 0.15) is 21.5 Å². The predicted octanol–water partition coefficient (Wildman–Crippen LogP) is 1.62. The highest BCUT2D eigenvalue weighted by atomic mass is 32.2. The van der Waals surface area contributed by atoms with Crippen molar-refractivity contribution >= 4 is 39.1 Å². The Morgan fingerprint density at radius 3 is 2.13 bits per heavy atom. The Bertz CT molecular complexity index is 1260. The van der Waals surface area contributed by atoms with Crippen LogP contribution in [0.2, 0.25) is 0 Å². The van der Waals surface area contributed by atoms with Gasteiger partial charge < -0.3 is 16.4 Å². The third-order valence-corrected chi connectivity index (χ3v) is 5.03. The van der Waals surface area contributed by atoms with Gasteiger partial charge in [-0.2, -0.15) is 4.98 Å². The normalized spacial score (nSPS) is 11.2. The second kappa shape index (κ2) is 7.97. The molecule has 0 aliphatic rings. The second-order valence-corrected chi connectivity index (χ2v) is 8.26. The molecule has 0 saturated carbocycles. The number of amides is 1. The number of aryl methyl sites for hydroxylation is 2. The molecule has 1 amide bonds. The zero-order chi connectivity index (χ0) is 22.1. The molecule has 7 N–H and O–H groups in total. The summed E-state index contributed by atoms with van der Waals surface area (Å²) in [6, 6.07) is 11.2. The molecule has 0 atom stereocenters. The first kappa shape index (κ1) is 21.0. The summed E-state index contributed by atoms with van der Waals surface area (Å²) >= 11 is 0. The summed E-state index contributed by atoms with van der Waals surface area (Å²) in [5.74, 6) is -0.917. The fraction of sp³-hybridized carbons (Fsp3) is 0.105. The fourth-order valence-corrected chi connectivity index (χ4v) is 3.42. The molecule has 3 rings (SSSR count). The molecular formula is C19H20N6O4S. The van der Waals surface area contributed by atoms with Gasteiger partial charge in [0.15, 0.2) is 5.82 Å². The van der Waals surface area contributed by atoms with E-state index < -0.39 is 21.5 Å². The van der Waals surface area contributed by atoms with Crippen LogP contribution in [-0.4, -0.2) is 24.3 Å². The van der Waals surface area contributed by atoms with Crippen LogP contribution in [0.25, 0.3) is 0 Å². The predicted molar refractivity (Wildman–Crippen MR) is 114 cm³/mol. The van der Waals surface area contributed by atoms with E-state index in [1.165, 1.54) is 24.3 Å². The Morgan fingerprint density at radius 2 is 1.60 bits per heavy atom. The van der Waals surface area contributed by atoms with E-state index in [9.17, 15) is 18.0 Å². The highest BCUT2D eigenvalue weighted by Gasteiger charge is 2.17. The van der Waals surface area contributed by atoms with Crippen molar-refractivity contribution in [3.05, 3.63) is 69.5 Å². The van der Waals surface area contributed by atoms with Crippen LogP contribution in [-0.2, 0) is 10.0 Å². The summed E-state index contributed by atoms with van der Waals surface area (Å²) in [5.41, 5.74) is 7.36. The largest absolute Gasteiger partial charge is 0.365 e. The third-order valence-electron chi connectivity index (χ3n) is 4.10. The van der Waals surface area contributed by atoms with Crippen molar-refractivity contribution in [3.63, 3.8) is 0 Å². The molecule has 0 radical (unpaired) electrons. The maximum absolute atomic E-state index is 12.4. The fourth-order valence-electron chi connectivity index (χ4n) is 2.90. The van der Waals surface area contributed by atoms with Gasteiger partial charge in [0.05, 0.1) is 4.90 Å². The number of nitrogens with zero attached hydrogens (tertiary/aromatic N) is 1. The molecule has 2 aromatic carbocycles. The Kier molecular flexibility index (Phi) is 5.58. The van der Waals surface area contributed by atoms with E-state index in [0.29, 0.717) is 11.4 Å². The van der Waals surface area contributed by atoms with Crippen LogP contribution in [0.15, 0.2) is 52.2 Å². The number of nitrogens with two attached hydrogens (primary N) is 2. The van der Waals surface area contributed by atoms with Gasteiger partial charge in [-0.25, -0.2) is 13.6 Å². The van der Waals surface area contributed by atoms with E-state index in [1.54, 1.807) is 0 Å². The number of primary amides is 1. The lowest BCUT2D eigenvalue weighted by molar-refractivity contribution is 0.0999. The third kappa shape index (κ3) is 4.82. The molecule has 0 spiro atoms. The summed E-state index contributed by atoms with van der Waals surface area (Å²) in [7, 11) is -3.83. The van der Waals surface area contributed by atoms with E-state index >= 15 is 0 Å². The van der Waals surface area contributed by atoms with Crippen molar-refractivity contribution < 1.29 is 13.2 Å². The van der Waals surface area contributed by atoms with Crippen molar-refractivity contribution in [2.75, 3.05) is 10.6 Å². The van der Waals surface area contributed by atoms with Gasteiger partial charge in [0.25, 0.3) is 11.5 Å². The Hall–Kier alpha value is -3.70. The standard InChI is InChI=1S/C19H20N6O4S/c1-10-7-11(2)9-13(8-10)22-17-15(16(20)26)18(27)25-19(24-17)23-12-3-5-14(6-4-12)30(21,28)29/h3-9H,1-2H3,(H2,20,26)(H2,21,28,29)(H3,22,23,24,25,27). The van der Waals surface area contributed by atoms with Crippen LogP contribution < -0.4 is 27.1 Å². The molecular weight excluding hydrogens is 408 g/mol. The van der Waals surface area contributed by atoms with Crippen molar-refractivity contribution in [1.29, 1.82) is 0 Å². The highest BCUT2D eigenvalue weighted by Crippen LogP contribution is 2.22. The molecule has 1 heterocycles. The average molecular weight is 428 g/mol. The number of hydrogen-bond acceptors (Lipinski definition) is 7. The van der Waals surface area contributed by atoms with E-state index in [1.807, 2.05) is 32.0 Å². The van der Waals surface area contributed by atoms with E-state index in [-0.39, 0.29) is 22.2 Å². The van der Waals surface area contributed by atoms with E-state index in [4.69, 9.17) is 10.9 Å². The summed E-state index contributed by atoms with van der Waals surface area (Å²) in [4.78, 5) is 30.9. The lowest BCUT2D eigenvalue weighted by atomic mass is 10.1. The van der Waals surface area contributed by atoms with Gasteiger partial charge >= 0.3 is 0 Å². The molecule has 3 aromatic rings. The number of carbonyl (C=O) groups excluding carboxylic acids is 1. The maximum Gasteiger partial charge on any atom is 0.267 e. The number of benzene rings is 2. The quantitative estimate of drug-likeness (QED) is 0.396. The number of rotatable bonds is 6. The molecule has 1 aromatic heterocycles. The van der Waals surface area contributed by atoms with Crippen LogP contribution >= 0.6 is 0 Å². The Morgan fingerprint density at radius 1 is 1.00 bits per heavy atom. The van der Waals surface area contributed by atoms with Gasteiger partial charge in [-0.3, -0.25) is 14.6 Å². The van der Waals surface area contributed by atoms with Gasteiger partial charge in [-0.15, -0.1) is 0 Å². The SMILES string of the molecule is Cc1cc(C)cc(Nc2nc(Nc3ccc(S(N)(=O)=O)cc3)[nH]c(=O)c2C(N)=O)c1. The van der Waals surface area contributed by atoms with Gasteiger partial charge in [-0.05, 0) is 61.4 Å². The lowest BCUT2D eigenvalue weighted by Gasteiger charge is -2.13. The number of aromatic amines is 1. The Labute approximate surface area is 172 Å². The van der Waals surface area contributed by atoms with Gasteiger partial charge in [-0.1, -0.05) is 6.07 Å². The minimum atomic E-state index is -3.83. The highest BCUT2D eigenvalue weighted by molar-refractivity contribution is 7.89. The summed E-state index contributed by atoms with van der Waals surface area (Å²) < 4.78 is 22.7. The van der Waals surface area contributed by atoms with Crippen LogP contribution in [0.4, 0.5) is 23.1 Å². The second-order valence-electron chi connectivity index (χ2n) is 6.70. The van der Waals surface area contributed by atoms with Crippen molar-refractivity contribution in [2.45, 2.75) is 18.7 Å². The first-order valence-corrected chi connectivity index (χ1v) is 10.3. The topological polar surface area (TPSA) is 173 Å². The average Bonchev–Trinajstić information content (AvgIpc) is 2.59. The van der Waals surface area contributed by atoms with E-state index in [2.05, 4.69) is 20.6 Å². The number of sulfonamides is 1. The van der Waals surface area contributed by atoms with Crippen LogP contribution in [0.3, 0.4) is 0 Å². The zero-order valence-electron chi connectivity index (χ0n) is 16.2. The van der Waals surface area contributed by atoms with Crippen molar-refractivity contribution in [3.8, 4) is 0 Å². The minimum absolute atomic E-state index is 0.0140. The molecule has 0 aliphatic carbocycles. The van der Waals surface area contributed by atoms with Gasteiger partial charge in [0, 0.05) is 11.4 Å². The molecule has 0 fully saturated rings. The molecule has 0 unspecified atom stereocenters. The summed E-state index contributed by atoms with van der Waals surface area (Å²) in [6.07, 6.45) is 0. The van der Waals surface area contributed by atoms with Crippen molar-refractivity contribution in [2.24, 2.45) is 10.9 Å². The molecule has 0 saturated heterocycles. The molecule has 30 heavy (non-hydrogen) atoms. The number of hydrogen-bond donors (Lipinski definition) is 5. The first-order chi connectivity index (χ1) is 14.0. The number of aromatic nitrogens is 2. The number of primary sulfonamides is 1. The number of anilines is 4. The molecule has 10 nitrogen and oxygen atoms in total. The van der Waals surface area contributed by atoms with E-state index in [0.717, 1.165) is 11.1 Å². The van der Waals surface area contributed by atoms with Crippen LogP contribution in [0, 0.1) is 13.8 Å². The number of carbonyl (C=O) groups is 1. The summed E-state index contributed by atoms with van der Waals surface area (Å²) in [5, 5.41) is 10.9. The smallest absolute Gasteiger partial charge is 0.267 e. The lowest BCUT2D eigenvalue weighted by Crippen LogP contribution is -2.27. The van der Waals surface area contributed by atoms with Crippen LogP contribution in [0.5, 0.6) is 0 Å². The summed E-state index contributed by atoms with van der Waals surface area (Å²) in [6.45, 7) is 3.83. The molecule has 0 bridgehead atoms. The maximum atomic E-state index is 12.4. The molecule has 11 heteroatoms. The molecule has 0 aliphatic heterocycles. The van der Waals surface area contributed by atoms with Crippen molar-refractivity contribution in [1.82, 2.24) is 9.97 Å². The first-order valence-electron chi connectivity index (χ1n) is 8.72. The monoisotopic (exact) mass is 428 g/mol. The van der Waals surface area contributed by atoms with Gasteiger partial charge in [0.2, 0.25) is 16.0 Å². The zero-order valence-corrected chi connectivity index (χ0v) is 17.0. The Balaban J connectivity index is 1.98. The number of nitrogens with one attached hydrogen (secondary N) is 3. The minimum Gasteiger partial charge on any atom is -0.365 e. The number of H-pyrrole nitrogens is 1. The van der Waals surface area contributed by atoms with Gasteiger partial charge in [0.1, 0.15) is 5.56 Å².